The third-order valence-electron chi connectivity index (χ3n) is 14.0. The van der Waals surface area contributed by atoms with E-state index in [0.29, 0.717) is 0 Å². The molecule has 5 nitrogen and oxygen atoms in total. The van der Waals surface area contributed by atoms with E-state index in [9.17, 15) is 0 Å². The third kappa shape index (κ3) is 6.78. The lowest BCUT2D eigenvalue weighted by molar-refractivity contribution is 0.669. The average molecular weight is 910 g/mol. The summed E-state index contributed by atoms with van der Waals surface area (Å²) in [5.74, 6) is 0. The summed E-state index contributed by atoms with van der Waals surface area (Å²) in [5.41, 5.74) is 17.3. The zero-order valence-electron chi connectivity index (χ0n) is 38.5. The van der Waals surface area contributed by atoms with E-state index >= 15 is 0 Å². The van der Waals surface area contributed by atoms with Crippen LogP contribution in [-0.2, 0) is 0 Å². The molecule has 0 unspecified atom stereocenters. The van der Waals surface area contributed by atoms with Gasteiger partial charge in [0.2, 0.25) is 0 Å². The van der Waals surface area contributed by atoms with Gasteiger partial charge in [-0.1, -0.05) is 170 Å². The normalized spacial score (nSPS) is 11.7. The summed E-state index contributed by atoms with van der Waals surface area (Å²) in [6.45, 7) is 0. The molecule has 5 heteroatoms. The molecule has 0 atom stereocenters. The second-order valence-corrected chi connectivity index (χ2v) is 18.1. The minimum Gasteiger partial charge on any atom is -0.455 e. The predicted molar refractivity (Wildman–Crippen MR) is 296 cm³/mol. The van der Waals surface area contributed by atoms with Crippen molar-refractivity contribution in [3.8, 4) is 27.9 Å². The van der Waals surface area contributed by atoms with E-state index in [2.05, 4.69) is 251 Å². The largest absolute Gasteiger partial charge is 0.455 e. The first kappa shape index (κ1) is 40.5. The van der Waals surface area contributed by atoms with Crippen molar-refractivity contribution in [1.29, 1.82) is 0 Å². The van der Waals surface area contributed by atoms with Crippen molar-refractivity contribution in [3.05, 3.63) is 261 Å². The Morgan fingerprint density at radius 2 is 0.634 bits per heavy atom. The van der Waals surface area contributed by atoms with Crippen LogP contribution >= 0.6 is 0 Å². The predicted octanol–water partition coefficient (Wildman–Crippen LogP) is 18.9. The van der Waals surface area contributed by atoms with Crippen LogP contribution in [0.4, 0.5) is 34.1 Å². The fourth-order valence-electron chi connectivity index (χ4n) is 10.7. The van der Waals surface area contributed by atoms with Gasteiger partial charge in [0.05, 0.1) is 28.1 Å². The molecule has 11 aromatic carbocycles. The number of benzene rings is 11. The topological polar surface area (TPSA) is 37.7 Å². The maximum atomic E-state index is 6.54. The Hall–Kier alpha value is -9.58. The summed E-state index contributed by atoms with van der Waals surface area (Å²) in [7, 11) is 0. The molecule has 0 saturated carbocycles. The number of anilines is 6. The van der Waals surface area contributed by atoms with E-state index in [4.69, 9.17) is 8.83 Å². The van der Waals surface area contributed by atoms with Crippen LogP contribution in [0.1, 0.15) is 0 Å². The molecule has 0 N–H and O–H groups in total. The van der Waals surface area contributed by atoms with Crippen molar-refractivity contribution in [2.75, 3.05) is 9.80 Å². The van der Waals surface area contributed by atoms with Crippen LogP contribution in [0.2, 0.25) is 0 Å². The van der Waals surface area contributed by atoms with Crippen molar-refractivity contribution in [3.63, 3.8) is 0 Å². The number of aromatic nitrogens is 1. The molecule has 3 aromatic heterocycles. The molecule has 0 saturated heterocycles. The molecule has 334 valence electrons. The van der Waals surface area contributed by atoms with Gasteiger partial charge in [0.1, 0.15) is 22.3 Å². The Balaban J connectivity index is 0.995. The molecular weight excluding hydrogens is 867 g/mol. The van der Waals surface area contributed by atoms with Crippen molar-refractivity contribution < 1.29 is 8.83 Å². The molecule has 3 heterocycles. The number of fused-ring (bicyclic) bond motifs is 9. The SMILES string of the molecule is c1ccc(N(c2ccccc2)c2cc(N(c3ccc(-c4cccc5c4oc4ccccc45)cc3)c3ccc(-c4cccc5c4oc4ccccc45)cc3)cc(-n3c4ccccc4c4ccccc43)c2)cc1. The summed E-state index contributed by atoms with van der Waals surface area (Å²) in [5, 5.41) is 6.87. The zero-order valence-corrected chi connectivity index (χ0v) is 38.5. The van der Waals surface area contributed by atoms with Crippen molar-refractivity contribution in [1.82, 2.24) is 4.57 Å². The van der Waals surface area contributed by atoms with E-state index in [-0.39, 0.29) is 0 Å². The first-order valence-corrected chi connectivity index (χ1v) is 24.1. The van der Waals surface area contributed by atoms with Gasteiger partial charge >= 0.3 is 0 Å². The number of hydrogen-bond acceptors (Lipinski definition) is 4. The number of nitrogens with zero attached hydrogens (tertiary/aromatic N) is 3. The van der Waals surface area contributed by atoms with Crippen LogP contribution in [0, 0.1) is 0 Å². The van der Waals surface area contributed by atoms with Gasteiger partial charge in [-0.3, -0.25) is 0 Å². The van der Waals surface area contributed by atoms with Crippen LogP contribution in [0.5, 0.6) is 0 Å². The van der Waals surface area contributed by atoms with Crippen molar-refractivity contribution >= 4 is 99.8 Å². The minimum absolute atomic E-state index is 0.886. The quantitative estimate of drug-likeness (QED) is 0.145. The average Bonchev–Trinajstić information content (AvgIpc) is 4.12. The molecule has 14 aromatic rings. The number of furan rings is 2. The van der Waals surface area contributed by atoms with Gasteiger partial charge in [0.25, 0.3) is 0 Å². The van der Waals surface area contributed by atoms with Gasteiger partial charge in [-0.2, -0.15) is 0 Å². The maximum absolute atomic E-state index is 6.54. The second kappa shape index (κ2) is 16.6. The summed E-state index contributed by atoms with van der Waals surface area (Å²) < 4.78 is 15.5. The number of rotatable bonds is 9. The Kier molecular flexibility index (Phi) is 9.46. The van der Waals surface area contributed by atoms with Crippen molar-refractivity contribution in [2.45, 2.75) is 0 Å². The van der Waals surface area contributed by atoms with Crippen molar-refractivity contribution in [2.24, 2.45) is 0 Å². The smallest absolute Gasteiger partial charge is 0.143 e. The Morgan fingerprint density at radius 3 is 1.08 bits per heavy atom. The number of para-hydroxylation sites is 8. The van der Waals surface area contributed by atoms with E-state index in [1.54, 1.807) is 0 Å². The Labute approximate surface area is 409 Å². The highest BCUT2D eigenvalue weighted by Crippen LogP contribution is 2.45. The van der Waals surface area contributed by atoms with Crippen LogP contribution in [0.25, 0.3) is 93.6 Å². The molecule has 0 bridgehead atoms. The highest BCUT2D eigenvalue weighted by atomic mass is 16.3. The van der Waals surface area contributed by atoms with Gasteiger partial charge in [-0.25, -0.2) is 0 Å². The lowest BCUT2D eigenvalue weighted by Gasteiger charge is -2.30. The summed E-state index contributed by atoms with van der Waals surface area (Å²) in [4.78, 5) is 4.74. The molecule has 14 rings (SSSR count). The minimum atomic E-state index is 0.886. The molecule has 0 amide bonds. The van der Waals surface area contributed by atoms with Gasteiger partial charge in [-0.15, -0.1) is 0 Å². The van der Waals surface area contributed by atoms with Crippen LogP contribution in [0.15, 0.2) is 270 Å². The van der Waals surface area contributed by atoms with Crippen LogP contribution < -0.4 is 9.80 Å². The first-order chi connectivity index (χ1) is 35.2. The van der Waals surface area contributed by atoms with E-state index in [1.165, 1.54) is 10.8 Å². The van der Waals surface area contributed by atoms with Gasteiger partial charge in [0, 0.05) is 66.2 Å². The lowest BCUT2D eigenvalue weighted by Crippen LogP contribution is -2.14. The molecular formula is C66H43N3O2. The highest BCUT2D eigenvalue weighted by Gasteiger charge is 2.23. The fraction of sp³-hybridized carbons (Fsp3) is 0. The summed E-state index contributed by atoms with van der Waals surface area (Å²) in [6.07, 6.45) is 0. The molecule has 71 heavy (non-hydrogen) atoms. The number of hydrogen-bond donors (Lipinski definition) is 0. The standard InChI is InChI=1S/C66H43N3O2/c1-3-17-46(18-4-1)67(47-19-5-2-6-20-47)50-41-51(43-52(42-50)69-61-29-11-7-21-55(61)56-22-8-12-30-62(56)69)68(48-37-33-44(34-38-48)53-25-15-27-59-57-23-9-13-31-63(57)70-65(53)59)49-39-35-45(36-40-49)54-26-16-28-60-58-24-10-14-32-64(58)71-66(54)60/h1-43H. The van der Waals surface area contributed by atoms with Gasteiger partial charge in [0.15, 0.2) is 0 Å². The summed E-state index contributed by atoms with van der Waals surface area (Å²) in [6, 6.07) is 93.0. The van der Waals surface area contributed by atoms with Gasteiger partial charge in [-0.05, 0) is 102 Å². The van der Waals surface area contributed by atoms with Crippen LogP contribution in [-0.4, -0.2) is 4.57 Å². The highest BCUT2D eigenvalue weighted by molar-refractivity contribution is 6.12. The Morgan fingerprint density at radius 1 is 0.268 bits per heavy atom. The zero-order chi connectivity index (χ0) is 46.8. The molecule has 0 aliphatic heterocycles. The summed E-state index contributed by atoms with van der Waals surface area (Å²) >= 11 is 0. The van der Waals surface area contributed by atoms with Gasteiger partial charge < -0.3 is 23.2 Å². The Bertz CT molecular complexity index is 4030. The monoisotopic (exact) mass is 909 g/mol. The first-order valence-electron chi connectivity index (χ1n) is 24.1. The van der Waals surface area contributed by atoms with E-state index < -0.39 is 0 Å². The van der Waals surface area contributed by atoms with E-state index in [0.717, 1.165) is 117 Å². The molecule has 0 radical (unpaired) electrons. The third-order valence-corrected chi connectivity index (χ3v) is 14.0. The second-order valence-electron chi connectivity index (χ2n) is 18.1. The molecule has 0 fully saturated rings. The molecule has 0 aliphatic rings. The molecule has 0 spiro atoms. The van der Waals surface area contributed by atoms with E-state index in [1.807, 2.05) is 24.3 Å². The fourth-order valence-corrected chi connectivity index (χ4v) is 10.7. The lowest BCUT2D eigenvalue weighted by atomic mass is 10.0. The maximum Gasteiger partial charge on any atom is 0.143 e. The van der Waals surface area contributed by atoms with Crippen LogP contribution in [0.3, 0.4) is 0 Å². The molecule has 0 aliphatic carbocycles.